The molecule has 0 aromatic carbocycles. The number of aromatic hydroxyl groups is 1. The van der Waals surface area contributed by atoms with E-state index < -0.39 is 11.2 Å². The minimum atomic E-state index is -0.555. The summed E-state index contributed by atoms with van der Waals surface area (Å²) in [4.78, 5) is 25.9. The Morgan fingerprint density at radius 3 is 2.16 bits per heavy atom. The van der Waals surface area contributed by atoms with Crippen molar-refractivity contribution in [3.63, 3.8) is 0 Å². The van der Waals surface area contributed by atoms with Crippen LogP contribution in [0.1, 0.15) is 53.0 Å². The van der Waals surface area contributed by atoms with E-state index in [2.05, 4.69) is 18.8 Å². The van der Waals surface area contributed by atoms with Crippen molar-refractivity contribution < 1.29 is 5.11 Å². The number of aromatic amines is 1. The molecule has 108 valence electrons. The van der Waals surface area contributed by atoms with E-state index in [0.29, 0.717) is 12.5 Å². The first-order valence-electron chi connectivity index (χ1n) is 6.64. The molecule has 0 aliphatic carbocycles. The summed E-state index contributed by atoms with van der Waals surface area (Å²) in [6.07, 6.45) is 0. The van der Waals surface area contributed by atoms with E-state index in [1.54, 1.807) is 0 Å². The second kappa shape index (κ2) is 5.23. The van der Waals surface area contributed by atoms with Crippen LogP contribution in [0.4, 0.5) is 0 Å². The van der Waals surface area contributed by atoms with E-state index in [1.165, 1.54) is 4.57 Å². The van der Waals surface area contributed by atoms with Gasteiger partial charge in [-0.2, -0.15) is 0 Å². The molecule has 1 aromatic rings. The molecule has 5 nitrogen and oxygen atoms in total. The van der Waals surface area contributed by atoms with Crippen molar-refractivity contribution in [1.82, 2.24) is 9.55 Å². The molecule has 0 radical (unpaired) electrons. The number of aromatic nitrogens is 2. The highest BCUT2D eigenvalue weighted by Crippen LogP contribution is 2.30. The fraction of sp³-hybridized carbons (Fsp3) is 0.714. The van der Waals surface area contributed by atoms with Crippen molar-refractivity contribution in [3.05, 3.63) is 26.4 Å². The predicted molar refractivity (Wildman–Crippen MR) is 75.7 cm³/mol. The minimum Gasteiger partial charge on any atom is -0.494 e. The molecule has 0 atom stereocenters. The van der Waals surface area contributed by atoms with Gasteiger partial charge in [0.15, 0.2) is 0 Å². The Balaban J connectivity index is 3.42. The molecule has 1 heterocycles. The van der Waals surface area contributed by atoms with E-state index in [1.807, 2.05) is 27.7 Å². The maximum Gasteiger partial charge on any atom is 0.331 e. The van der Waals surface area contributed by atoms with Gasteiger partial charge in [-0.3, -0.25) is 14.3 Å². The second-order valence-corrected chi connectivity index (χ2v) is 6.38. The highest BCUT2D eigenvalue weighted by molar-refractivity contribution is 5.25. The van der Waals surface area contributed by atoms with Crippen molar-refractivity contribution in [2.24, 2.45) is 11.3 Å². The average Bonchev–Trinajstić information content (AvgIpc) is 2.23. The van der Waals surface area contributed by atoms with Crippen LogP contribution in [0.15, 0.2) is 9.59 Å². The van der Waals surface area contributed by atoms with Crippen LogP contribution < -0.4 is 11.2 Å². The third-order valence-electron chi connectivity index (χ3n) is 3.91. The summed E-state index contributed by atoms with van der Waals surface area (Å²) in [6.45, 7) is 12.2. The van der Waals surface area contributed by atoms with Gasteiger partial charge >= 0.3 is 5.69 Å². The largest absolute Gasteiger partial charge is 0.494 e. The quantitative estimate of drug-likeness (QED) is 0.877. The molecule has 1 rings (SSSR count). The number of rotatable bonds is 4. The zero-order valence-electron chi connectivity index (χ0n) is 12.6. The Morgan fingerprint density at radius 2 is 1.74 bits per heavy atom. The van der Waals surface area contributed by atoms with E-state index in [-0.39, 0.29) is 22.8 Å². The monoisotopic (exact) mass is 268 g/mol. The topological polar surface area (TPSA) is 75.1 Å². The SMILES string of the molecule is CC(C)c1c(O)n(CC(C)(C)C(C)C)c(=O)[nH]c1=O. The molecule has 0 unspecified atom stereocenters. The van der Waals surface area contributed by atoms with E-state index in [9.17, 15) is 14.7 Å². The second-order valence-electron chi connectivity index (χ2n) is 6.38. The summed E-state index contributed by atoms with van der Waals surface area (Å²) in [6, 6.07) is 0. The molecule has 5 heteroatoms. The molecule has 0 aliphatic rings. The molecule has 0 amide bonds. The zero-order valence-corrected chi connectivity index (χ0v) is 12.6. The van der Waals surface area contributed by atoms with Gasteiger partial charge in [0, 0.05) is 6.54 Å². The Kier molecular flexibility index (Phi) is 4.28. The molecule has 19 heavy (non-hydrogen) atoms. The van der Waals surface area contributed by atoms with Crippen LogP contribution >= 0.6 is 0 Å². The molecule has 0 fully saturated rings. The highest BCUT2D eigenvalue weighted by Gasteiger charge is 2.26. The van der Waals surface area contributed by atoms with Crippen LogP contribution in [0.25, 0.3) is 0 Å². The number of nitrogens with one attached hydrogen (secondary N) is 1. The Hall–Kier alpha value is -1.52. The lowest BCUT2D eigenvalue weighted by Crippen LogP contribution is -2.37. The molecule has 1 aromatic heterocycles. The van der Waals surface area contributed by atoms with E-state index in [4.69, 9.17) is 0 Å². The molecule has 0 bridgehead atoms. The predicted octanol–water partition coefficient (Wildman–Crippen LogP) is 2.05. The summed E-state index contributed by atoms with van der Waals surface area (Å²) in [5, 5.41) is 10.2. The normalized spacial score (nSPS) is 12.4. The smallest absolute Gasteiger partial charge is 0.331 e. The Bertz CT molecular complexity index is 565. The first-order valence-corrected chi connectivity index (χ1v) is 6.64. The number of hydrogen-bond donors (Lipinski definition) is 2. The number of H-pyrrole nitrogens is 1. The van der Waals surface area contributed by atoms with Crippen molar-refractivity contribution in [2.45, 2.75) is 54.0 Å². The summed E-state index contributed by atoms with van der Waals surface area (Å²) in [5.41, 5.74) is -0.954. The maximum absolute atomic E-state index is 11.9. The van der Waals surface area contributed by atoms with Gasteiger partial charge in [-0.05, 0) is 17.3 Å². The first kappa shape index (κ1) is 15.5. The minimum absolute atomic E-state index is 0.141. The van der Waals surface area contributed by atoms with E-state index >= 15 is 0 Å². The van der Waals surface area contributed by atoms with Crippen LogP contribution in [-0.4, -0.2) is 14.7 Å². The van der Waals surface area contributed by atoms with Gasteiger partial charge in [-0.1, -0.05) is 41.5 Å². The zero-order chi connectivity index (χ0) is 15.0. The van der Waals surface area contributed by atoms with Crippen molar-refractivity contribution in [1.29, 1.82) is 0 Å². The number of nitrogens with zero attached hydrogens (tertiary/aromatic N) is 1. The van der Waals surface area contributed by atoms with Crippen LogP contribution in [0, 0.1) is 11.3 Å². The van der Waals surface area contributed by atoms with Gasteiger partial charge < -0.3 is 5.11 Å². The van der Waals surface area contributed by atoms with Crippen LogP contribution in [-0.2, 0) is 6.54 Å². The van der Waals surface area contributed by atoms with Crippen LogP contribution in [0.3, 0.4) is 0 Å². The standard InChI is InChI=1S/C14H24N2O3/c1-8(2)10-11(17)15-13(19)16(12(10)18)7-14(5,6)9(3)4/h8-9,18H,7H2,1-6H3,(H,15,17,19). The molecule has 2 N–H and O–H groups in total. The van der Waals surface area contributed by atoms with Gasteiger partial charge in [0.05, 0.1) is 5.56 Å². The Morgan fingerprint density at radius 1 is 1.21 bits per heavy atom. The van der Waals surface area contributed by atoms with Crippen LogP contribution in [0.2, 0.25) is 0 Å². The Labute approximate surface area is 113 Å². The fourth-order valence-corrected chi connectivity index (χ4v) is 1.83. The lowest BCUT2D eigenvalue weighted by Gasteiger charge is -2.30. The van der Waals surface area contributed by atoms with Gasteiger partial charge in [-0.15, -0.1) is 0 Å². The molecule has 0 spiro atoms. The summed E-state index contributed by atoms with van der Waals surface area (Å²) < 4.78 is 1.26. The van der Waals surface area contributed by atoms with E-state index in [0.717, 1.165) is 0 Å². The molecular weight excluding hydrogens is 244 g/mol. The molecule has 0 saturated carbocycles. The van der Waals surface area contributed by atoms with Crippen molar-refractivity contribution >= 4 is 0 Å². The fourth-order valence-electron chi connectivity index (χ4n) is 1.83. The van der Waals surface area contributed by atoms with Gasteiger partial charge in [0.2, 0.25) is 5.88 Å². The molecule has 0 aliphatic heterocycles. The van der Waals surface area contributed by atoms with Crippen molar-refractivity contribution in [3.8, 4) is 5.88 Å². The van der Waals surface area contributed by atoms with Crippen molar-refractivity contribution in [2.75, 3.05) is 0 Å². The highest BCUT2D eigenvalue weighted by atomic mass is 16.3. The third-order valence-corrected chi connectivity index (χ3v) is 3.91. The molecule has 0 saturated heterocycles. The lowest BCUT2D eigenvalue weighted by molar-refractivity contribution is 0.195. The number of hydrogen-bond acceptors (Lipinski definition) is 3. The average molecular weight is 268 g/mol. The third kappa shape index (κ3) is 3.08. The van der Waals surface area contributed by atoms with Crippen LogP contribution in [0.5, 0.6) is 5.88 Å². The van der Waals surface area contributed by atoms with Gasteiger partial charge in [0.25, 0.3) is 5.56 Å². The van der Waals surface area contributed by atoms with Gasteiger partial charge in [-0.25, -0.2) is 4.79 Å². The first-order chi connectivity index (χ1) is 8.58. The summed E-state index contributed by atoms with van der Waals surface area (Å²) in [7, 11) is 0. The summed E-state index contributed by atoms with van der Waals surface area (Å²) >= 11 is 0. The molecular formula is C14H24N2O3. The van der Waals surface area contributed by atoms with Gasteiger partial charge in [0.1, 0.15) is 0 Å². The summed E-state index contributed by atoms with van der Waals surface area (Å²) in [5.74, 6) is -0.0107. The maximum atomic E-state index is 11.9. The lowest BCUT2D eigenvalue weighted by atomic mass is 9.81.